The first-order valence-corrected chi connectivity index (χ1v) is 10.5. The van der Waals surface area contributed by atoms with E-state index in [0.717, 1.165) is 24.0 Å². The van der Waals surface area contributed by atoms with Crippen LogP contribution in [-0.4, -0.2) is 20.6 Å². The smallest absolute Gasteiger partial charge is 0.156 e. The Balaban J connectivity index is 2.09. The van der Waals surface area contributed by atoms with Crippen molar-refractivity contribution in [3.05, 3.63) is 71.3 Å². The second kappa shape index (κ2) is 10.1. The van der Waals surface area contributed by atoms with Crippen molar-refractivity contribution in [2.75, 3.05) is 6.54 Å². The summed E-state index contributed by atoms with van der Waals surface area (Å²) in [5.74, 6) is 0. The molecule has 5 nitrogen and oxygen atoms in total. The first-order chi connectivity index (χ1) is 12.9. The Kier molecular flexibility index (Phi) is 8.13. The molecule has 0 heterocycles. The minimum absolute atomic E-state index is 0.336. The molecule has 148 valence electrons. The van der Waals surface area contributed by atoms with Gasteiger partial charge in [0.15, 0.2) is 11.1 Å². The largest absolute Gasteiger partial charge is 0.330 e. The minimum Gasteiger partial charge on any atom is -0.330 e. The van der Waals surface area contributed by atoms with Crippen molar-refractivity contribution in [3.63, 3.8) is 0 Å². The number of benzene rings is 2. The van der Waals surface area contributed by atoms with Crippen molar-refractivity contribution >= 4 is 11.1 Å². The Morgan fingerprint density at radius 1 is 1.11 bits per heavy atom. The van der Waals surface area contributed by atoms with E-state index in [1.807, 2.05) is 49.4 Å². The van der Waals surface area contributed by atoms with Crippen LogP contribution in [0.2, 0.25) is 0 Å². The molecule has 3 unspecified atom stereocenters. The maximum absolute atomic E-state index is 12.0. The molecule has 2 aromatic carbocycles. The first kappa shape index (κ1) is 21.7. The molecule has 0 amide bonds. The lowest BCUT2D eigenvalue weighted by Crippen LogP contribution is -2.37. The van der Waals surface area contributed by atoms with Gasteiger partial charge in [-0.2, -0.15) is 0 Å². The summed E-state index contributed by atoms with van der Waals surface area (Å²) >= 11 is -1.90. The summed E-state index contributed by atoms with van der Waals surface area (Å²) in [4.78, 5) is 0. The van der Waals surface area contributed by atoms with Gasteiger partial charge in [-0.05, 0) is 42.4 Å². The average Bonchev–Trinajstić information content (AvgIpc) is 2.67. The van der Waals surface area contributed by atoms with E-state index in [1.165, 1.54) is 5.56 Å². The van der Waals surface area contributed by atoms with Crippen LogP contribution in [0.5, 0.6) is 0 Å². The summed E-state index contributed by atoms with van der Waals surface area (Å²) in [5.41, 5.74) is 20.3. The van der Waals surface area contributed by atoms with Crippen LogP contribution in [0.3, 0.4) is 0 Å². The predicted molar refractivity (Wildman–Crippen MR) is 113 cm³/mol. The molecule has 6 heteroatoms. The summed E-state index contributed by atoms with van der Waals surface area (Å²) < 4.78 is 21.8. The summed E-state index contributed by atoms with van der Waals surface area (Å²) in [5, 5.41) is -0.336. The Labute approximate surface area is 164 Å². The molecule has 0 radical (unpaired) electrons. The van der Waals surface area contributed by atoms with Gasteiger partial charge in [0.05, 0.1) is 11.4 Å². The standard InChI is InChI=1S/C21H31N3O2S/c1-21(15-22,18-11-6-10-17(13-18)20(23)24)14-19(27(25)26)12-5-9-16-7-3-2-4-8-16/h2-4,6-8,10-11,13,19-20H,5,9,12,14-15,22-24H2,1H3,(H,25,26). The molecule has 3 atom stereocenters. The highest BCUT2D eigenvalue weighted by molar-refractivity contribution is 7.79. The van der Waals surface area contributed by atoms with Crippen LogP contribution >= 0.6 is 0 Å². The highest BCUT2D eigenvalue weighted by atomic mass is 32.2. The van der Waals surface area contributed by atoms with E-state index in [2.05, 4.69) is 12.1 Å². The van der Waals surface area contributed by atoms with E-state index in [0.29, 0.717) is 19.4 Å². The molecular formula is C21H31N3O2S. The highest BCUT2D eigenvalue weighted by Gasteiger charge is 2.31. The van der Waals surface area contributed by atoms with Gasteiger partial charge in [0, 0.05) is 12.0 Å². The van der Waals surface area contributed by atoms with Crippen molar-refractivity contribution in [2.24, 2.45) is 17.2 Å². The molecule has 0 bridgehead atoms. The SMILES string of the molecule is CC(CN)(CC(CCCc1ccccc1)S(=O)O)c1cccc(C(N)N)c1. The van der Waals surface area contributed by atoms with Gasteiger partial charge in [0.1, 0.15) is 0 Å². The fraction of sp³-hybridized carbons (Fsp3) is 0.429. The fourth-order valence-corrected chi connectivity index (χ4v) is 4.27. The fourth-order valence-electron chi connectivity index (χ4n) is 3.40. The van der Waals surface area contributed by atoms with Crippen molar-refractivity contribution < 1.29 is 8.76 Å². The Hall–Kier alpha value is -1.57. The van der Waals surface area contributed by atoms with E-state index >= 15 is 0 Å². The maximum Gasteiger partial charge on any atom is 0.156 e. The van der Waals surface area contributed by atoms with Crippen LogP contribution in [-0.2, 0) is 22.9 Å². The third-order valence-corrected chi connectivity index (χ3v) is 6.19. The molecule has 0 aliphatic heterocycles. The normalized spacial score (nSPS) is 16.1. The lowest BCUT2D eigenvalue weighted by molar-refractivity contribution is 0.409. The number of rotatable bonds is 10. The Bertz CT molecular complexity index is 739. The quantitative estimate of drug-likeness (QED) is 0.368. The molecule has 27 heavy (non-hydrogen) atoms. The van der Waals surface area contributed by atoms with Crippen LogP contribution in [0.4, 0.5) is 0 Å². The van der Waals surface area contributed by atoms with Crippen molar-refractivity contribution in [1.82, 2.24) is 0 Å². The van der Waals surface area contributed by atoms with E-state index in [-0.39, 0.29) is 5.25 Å². The maximum atomic E-state index is 12.0. The molecule has 0 saturated heterocycles. The van der Waals surface area contributed by atoms with Gasteiger partial charge in [-0.1, -0.05) is 61.5 Å². The van der Waals surface area contributed by atoms with Gasteiger partial charge in [-0.15, -0.1) is 0 Å². The second-order valence-electron chi connectivity index (χ2n) is 7.40. The molecule has 2 aromatic rings. The molecule has 0 fully saturated rings. The third-order valence-electron chi connectivity index (χ3n) is 5.22. The van der Waals surface area contributed by atoms with Crippen LogP contribution in [0.1, 0.15) is 49.0 Å². The lowest BCUT2D eigenvalue weighted by Gasteiger charge is -2.32. The van der Waals surface area contributed by atoms with Gasteiger partial charge < -0.3 is 21.8 Å². The molecular weight excluding hydrogens is 358 g/mol. The zero-order valence-electron chi connectivity index (χ0n) is 15.9. The zero-order valence-corrected chi connectivity index (χ0v) is 16.7. The van der Waals surface area contributed by atoms with Crippen molar-refractivity contribution in [2.45, 2.75) is 49.4 Å². The number of nitrogens with two attached hydrogens (primary N) is 3. The lowest BCUT2D eigenvalue weighted by atomic mass is 9.77. The summed E-state index contributed by atoms with van der Waals surface area (Å²) in [6, 6.07) is 17.9. The topological polar surface area (TPSA) is 115 Å². The molecule has 0 aliphatic rings. The average molecular weight is 390 g/mol. The van der Waals surface area contributed by atoms with Gasteiger partial charge in [0.25, 0.3) is 0 Å². The van der Waals surface area contributed by atoms with E-state index in [1.54, 1.807) is 0 Å². The molecule has 7 N–H and O–H groups in total. The minimum atomic E-state index is -1.90. The Morgan fingerprint density at radius 2 is 1.81 bits per heavy atom. The van der Waals surface area contributed by atoms with Crippen LogP contribution < -0.4 is 17.2 Å². The molecule has 0 spiro atoms. The van der Waals surface area contributed by atoms with Gasteiger partial charge in [-0.3, -0.25) is 0 Å². The number of hydrogen-bond donors (Lipinski definition) is 4. The number of hydrogen-bond acceptors (Lipinski definition) is 4. The molecule has 2 rings (SSSR count). The molecule has 0 aliphatic carbocycles. The van der Waals surface area contributed by atoms with Crippen molar-refractivity contribution in [1.29, 1.82) is 0 Å². The van der Waals surface area contributed by atoms with Gasteiger partial charge >= 0.3 is 0 Å². The van der Waals surface area contributed by atoms with E-state index in [9.17, 15) is 8.76 Å². The van der Waals surface area contributed by atoms with Crippen molar-refractivity contribution in [3.8, 4) is 0 Å². The van der Waals surface area contributed by atoms with E-state index in [4.69, 9.17) is 17.2 Å². The predicted octanol–water partition coefficient (Wildman–Crippen LogP) is 2.82. The van der Waals surface area contributed by atoms with Crippen LogP contribution in [0.25, 0.3) is 0 Å². The summed E-state index contributed by atoms with van der Waals surface area (Å²) in [6.07, 6.45) is 2.40. The first-order valence-electron chi connectivity index (χ1n) is 9.31. The molecule has 0 saturated carbocycles. The second-order valence-corrected chi connectivity index (χ2v) is 8.62. The Morgan fingerprint density at radius 3 is 2.41 bits per heavy atom. The molecule has 0 aromatic heterocycles. The third kappa shape index (κ3) is 6.23. The highest BCUT2D eigenvalue weighted by Crippen LogP contribution is 2.32. The van der Waals surface area contributed by atoms with Gasteiger partial charge in [-0.25, -0.2) is 4.21 Å². The van der Waals surface area contributed by atoms with Gasteiger partial charge in [0.2, 0.25) is 0 Å². The van der Waals surface area contributed by atoms with E-state index < -0.39 is 22.7 Å². The zero-order chi connectivity index (χ0) is 19.9. The van der Waals surface area contributed by atoms with Crippen LogP contribution in [0.15, 0.2) is 54.6 Å². The number of aryl methyl sites for hydroxylation is 1. The monoisotopic (exact) mass is 389 g/mol. The summed E-state index contributed by atoms with van der Waals surface area (Å²) in [6.45, 7) is 2.41. The van der Waals surface area contributed by atoms with Crippen LogP contribution in [0, 0.1) is 0 Å². The summed E-state index contributed by atoms with van der Waals surface area (Å²) in [7, 11) is 0.